The van der Waals surface area contributed by atoms with Crippen LogP contribution in [0.25, 0.3) is 0 Å². The maximum Gasteiger partial charge on any atom is 0.263 e. The highest BCUT2D eigenvalue weighted by molar-refractivity contribution is 7.13. The molecule has 0 bridgehead atoms. The molecular weight excluding hydrogens is 358 g/mol. The molecule has 3 heterocycles. The molecule has 2 aromatic rings. The van der Waals surface area contributed by atoms with Gasteiger partial charge < -0.3 is 10.2 Å². The van der Waals surface area contributed by atoms with E-state index >= 15 is 0 Å². The van der Waals surface area contributed by atoms with Crippen LogP contribution in [0.2, 0.25) is 0 Å². The number of likely N-dealkylation sites (tertiary alicyclic amines) is 2. The first-order valence-corrected chi connectivity index (χ1v) is 10.2. The minimum atomic E-state index is -0.128. The molecule has 0 aliphatic carbocycles. The second-order valence-corrected chi connectivity index (χ2v) is 9.04. The third kappa shape index (κ3) is 3.39. The summed E-state index contributed by atoms with van der Waals surface area (Å²) in [4.78, 5) is 31.4. The summed E-state index contributed by atoms with van der Waals surface area (Å²) < 4.78 is 0. The van der Waals surface area contributed by atoms with Crippen LogP contribution in [-0.4, -0.2) is 54.8 Å². The van der Waals surface area contributed by atoms with Crippen LogP contribution in [0.15, 0.2) is 42.5 Å². The van der Waals surface area contributed by atoms with E-state index < -0.39 is 0 Å². The Kier molecular flexibility index (Phi) is 4.78. The molecule has 5 nitrogen and oxygen atoms in total. The van der Waals surface area contributed by atoms with Gasteiger partial charge in [0.1, 0.15) is 0 Å². The fourth-order valence-corrected chi connectivity index (χ4v) is 5.29. The minimum absolute atomic E-state index is 0.0691. The van der Waals surface area contributed by atoms with Crippen molar-refractivity contribution in [3.63, 3.8) is 0 Å². The highest BCUT2D eigenvalue weighted by Gasteiger charge is 2.57. The molecule has 2 aliphatic rings. The van der Waals surface area contributed by atoms with E-state index in [4.69, 9.17) is 0 Å². The number of hydrogen-bond acceptors (Lipinski definition) is 4. The lowest BCUT2D eigenvalue weighted by molar-refractivity contribution is -0.130. The number of benzene rings is 1. The van der Waals surface area contributed by atoms with E-state index in [1.165, 1.54) is 16.9 Å². The second kappa shape index (κ2) is 7.09. The Morgan fingerprint density at radius 2 is 1.89 bits per heavy atom. The highest BCUT2D eigenvalue weighted by Crippen LogP contribution is 2.45. The molecule has 2 fully saturated rings. The molecule has 0 radical (unpaired) electrons. The third-order valence-electron chi connectivity index (χ3n) is 5.78. The van der Waals surface area contributed by atoms with Gasteiger partial charge in [-0.2, -0.15) is 0 Å². The normalized spacial score (nSPS) is 21.3. The zero-order valence-corrected chi connectivity index (χ0v) is 16.6. The van der Waals surface area contributed by atoms with Crippen molar-refractivity contribution < 1.29 is 9.59 Å². The van der Waals surface area contributed by atoms with Crippen LogP contribution in [0.4, 0.5) is 0 Å². The molecule has 2 amide bonds. The molecule has 27 heavy (non-hydrogen) atoms. The summed E-state index contributed by atoms with van der Waals surface area (Å²) in [6.45, 7) is 5.77. The van der Waals surface area contributed by atoms with Crippen LogP contribution in [0.5, 0.6) is 0 Å². The van der Waals surface area contributed by atoms with E-state index in [9.17, 15) is 9.59 Å². The predicted octanol–water partition coefficient (Wildman–Crippen LogP) is 2.38. The molecule has 2 aliphatic heterocycles. The number of carbonyl (C=O) groups excluding carboxylic acids is 2. The summed E-state index contributed by atoms with van der Waals surface area (Å²) in [6, 6.07) is 14.2. The fraction of sp³-hybridized carbons (Fsp3) is 0.429. The van der Waals surface area contributed by atoms with Crippen molar-refractivity contribution in [3.8, 4) is 0 Å². The zero-order valence-electron chi connectivity index (χ0n) is 15.8. The molecule has 4 rings (SSSR count). The summed E-state index contributed by atoms with van der Waals surface area (Å²) in [7, 11) is 1.70. The summed E-state index contributed by atoms with van der Waals surface area (Å²) in [5.74, 6) is 0.112. The molecule has 6 heteroatoms. The van der Waals surface area contributed by atoms with Crippen LogP contribution in [0.1, 0.15) is 20.1 Å². The zero-order chi connectivity index (χ0) is 19.0. The Bertz CT molecular complexity index is 842. The van der Waals surface area contributed by atoms with Gasteiger partial charge in [-0.15, -0.1) is 11.3 Å². The number of carbonyl (C=O) groups is 2. The number of aryl methyl sites for hydroxylation is 1. The topological polar surface area (TPSA) is 52.7 Å². The maximum atomic E-state index is 12.7. The van der Waals surface area contributed by atoms with Crippen LogP contribution in [-0.2, 0) is 11.3 Å². The van der Waals surface area contributed by atoms with Crippen molar-refractivity contribution in [2.75, 3.05) is 33.2 Å². The first-order chi connectivity index (χ1) is 13.0. The van der Waals surface area contributed by atoms with Gasteiger partial charge in [-0.25, -0.2) is 0 Å². The molecular formula is C21H25N3O2S. The summed E-state index contributed by atoms with van der Waals surface area (Å²) in [5, 5.41) is 2.83. The average molecular weight is 384 g/mol. The standard InChI is InChI=1S/C21H25N3O2S/c1-15-8-9-18(27-15)20(26)24-13-21(14-24)12-23(11-17(21)19(25)22-2)10-16-6-4-3-5-7-16/h3-9,17H,10-14H2,1-2H3,(H,22,25). The SMILES string of the molecule is CNC(=O)C1CN(Cc2ccccc2)CC12CN(C(=O)c1ccc(C)s1)C2. The Morgan fingerprint density at radius 3 is 2.52 bits per heavy atom. The third-order valence-corrected chi connectivity index (χ3v) is 6.77. The molecule has 1 aromatic carbocycles. The van der Waals surface area contributed by atoms with Gasteiger partial charge in [-0.3, -0.25) is 14.5 Å². The second-order valence-electron chi connectivity index (χ2n) is 7.76. The van der Waals surface area contributed by atoms with Crippen molar-refractivity contribution in [2.24, 2.45) is 11.3 Å². The molecule has 1 unspecified atom stereocenters. The average Bonchev–Trinajstić information content (AvgIpc) is 3.24. The van der Waals surface area contributed by atoms with Gasteiger partial charge in [0.05, 0.1) is 10.8 Å². The number of nitrogens with one attached hydrogen (secondary N) is 1. The van der Waals surface area contributed by atoms with Crippen molar-refractivity contribution in [3.05, 3.63) is 57.8 Å². The Balaban J connectivity index is 1.47. The molecule has 0 saturated carbocycles. The van der Waals surface area contributed by atoms with Crippen molar-refractivity contribution >= 4 is 23.2 Å². The molecule has 1 atom stereocenters. The number of thiophene rings is 1. The molecule has 1 aromatic heterocycles. The monoisotopic (exact) mass is 383 g/mol. The van der Waals surface area contributed by atoms with Crippen LogP contribution in [0, 0.1) is 18.3 Å². The lowest BCUT2D eigenvalue weighted by Gasteiger charge is -2.50. The number of rotatable bonds is 4. The Labute approximate surface area is 164 Å². The van der Waals surface area contributed by atoms with Crippen LogP contribution in [0.3, 0.4) is 0 Å². The quantitative estimate of drug-likeness (QED) is 0.882. The number of nitrogens with zero attached hydrogens (tertiary/aromatic N) is 2. The summed E-state index contributed by atoms with van der Waals surface area (Å²) >= 11 is 1.54. The van der Waals surface area contributed by atoms with Gasteiger partial charge in [0, 0.05) is 50.1 Å². The number of amides is 2. The highest BCUT2D eigenvalue weighted by atomic mass is 32.1. The molecule has 1 N–H and O–H groups in total. The fourth-order valence-electron chi connectivity index (χ4n) is 4.45. The lowest BCUT2D eigenvalue weighted by Crippen LogP contribution is -2.63. The maximum absolute atomic E-state index is 12.7. The van der Waals surface area contributed by atoms with Crippen molar-refractivity contribution in [2.45, 2.75) is 13.5 Å². The van der Waals surface area contributed by atoms with Gasteiger partial charge >= 0.3 is 0 Å². The molecule has 142 valence electrons. The van der Waals surface area contributed by atoms with E-state index in [0.29, 0.717) is 13.1 Å². The van der Waals surface area contributed by atoms with Gasteiger partial charge in [-0.1, -0.05) is 30.3 Å². The minimum Gasteiger partial charge on any atom is -0.359 e. The van der Waals surface area contributed by atoms with Crippen LogP contribution < -0.4 is 5.32 Å². The Morgan fingerprint density at radius 1 is 1.15 bits per heavy atom. The van der Waals surface area contributed by atoms with E-state index in [-0.39, 0.29) is 23.1 Å². The van der Waals surface area contributed by atoms with Gasteiger partial charge in [0.2, 0.25) is 5.91 Å². The van der Waals surface area contributed by atoms with Crippen LogP contribution >= 0.6 is 11.3 Å². The van der Waals surface area contributed by atoms with Gasteiger partial charge in [0.15, 0.2) is 0 Å². The van der Waals surface area contributed by atoms with E-state index in [2.05, 4.69) is 22.3 Å². The lowest BCUT2D eigenvalue weighted by atomic mass is 9.71. The summed E-state index contributed by atoms with van der Waals surface area (Å²) in [6.07, 6.45) is 0. The van der Waals surface area contributed by atoms with Gasteiger partial charge in [-0.05, 0) is 24.6 Å². The van der Waals surface area contributed by atoms with Crippen molar-refractivity contribution in [1.29, 1.82) is 0 Å². The molecule has 1 spiro atoms. The van der Waals surface area contributed by atoms with E-state index in [1.807, 2.05) is 42.2 Å². The molecule has 2 saturated heterocycles. The first-order valence-electron chi connectivity index (χ1n) is 9.34. The number of hydrogen-bond donors (Lipinski definition) is 1. The Hall–Kier alpha value is -2.18. The van der Waals surface area contributed by atoms with Gasteiger partial charge in [0.25, 0.3) is 5.91 Å². The van der Waals surface area contributed by atoms with E-state index in [1.54, 1.807) is 7.05 Å². The van der Waals surface area contributed by atoms with Crippen molar-refractivity contribution in [1.82, 2.24) is 15.1 Å². The first kappa shape index (κ1) is 18.2. The van der Waals surface area contributed by atoms with E-state index in [0.717, 1.165) is 29.4 Å². The smallest absolute Gasteiger partial charge is 0.263 e. The predicted molar refractivity (Wildman–Crippen MR) is 107 cm³/mol. The largest absolute Gasteiger partial charge is 0.359 e. The summed E-state index contributed by atoms with van der Waals surface area (Å²) in [5.41, 5.74) is 1.13.